The van der Waals surface area contributed by atoms with Gasteiger partial charge in [-0.2, -0.15) is 0 Å². The number of nitrogens with zero attached hydrogens (tertiary/aromatic N) is 1. The van der Waals surface area contributed by atoms with Gasteiger partial charge in [0.15, 0.2) is 0 Å². The molecule has 2 aromatic carbocycles. The first-order valence-corrected chi connectivity index (χ1v) is 8.97. The minimum Gasteiger partial charge on any atom is -0.481 e. The standard InChI is InChI=1S/C21H27N3O3/c1-15-18(10-7-11-19(15)24(2)3)23-21(27)22-17(12-13-20(25)26)14-16-8-5-4-6-9-16/h4-11,17H,12-14H2,1-3H3,(H,25,26)(H2,22,23,27). The maximum Gasteiger partial charge on any atom is 0.319 e. The number of carbonyl (C=O) groups excluding carboxylic acids is 1. The van der Waals surface area contributed by atoms with Crippen molar-refractivity contribution < 1.29 is 14.7 Å². The van der Waals surface area contributed by atoms with E-state index >= 15 is 0 Å². The fraction of sp³-hybridized carbons (Fsp3) is 0.333. The first-order chi connectivity index (χ1) is 12.9. The van der Waals surface area contributed by atoms with Crippen molar-refractivity contribution in [2.24, 2.45) is 0 Å². The highest BCUT2D eigenvalue weighted by atomic mass is 16.4. The molecule has 27 heavy (non-hydrogen) atoms. The fourth-order valence-corrected chi connectivity index (χ4v) is 3.01. The molecule has 2 amide bonds. The van der Waals surface area contributed by atoms with Crippen molar-refractivity contribution >= 4 is 23.4 Å². The number of hydrogen-bond acceptors (Lipinski definition) is 3. The molecule has 3 N–H and O–H groups in total. The molecule has 144 valence electrons. The van der Waals surface area contributed by atoms with Crippen molar-refractivity contribution in [3.8, 4) is 0 Å². The van der Waals surface area contributed by atoms with Crippen LogP contribution in [-0.2, 0) is 11.2 Å². The number of urea groups is 1. The van der Waals surface area contributed by atoms with Gasteiger partial charge in [-0.3, -0.25) is 4.79 Å². The van der Waals surface area contributed by atoms with E-state index in [1.54, 1.807) is 0 Å². The summed E-state index contributed by atoms with van der Waals surface area (Å²) in [6.45, 7) is 1.96. The topological polar surface area (TPSA) is 81.7 Å². The number of anilines is 2. The first-order valence-electron chi connectivity index (χ1n) is 8.97. The number of carboxylic acid groups (broad SMARTS) is 1. The molecule has 0 saturated carbocycles. The van der Waals surface area contributed by atoms with E-state index in [9.17, 15) is 9.59 Å². The minimum absolute atomic E-state index is 0.00687. The second kappa shape index (κ2) is 9.62. The van der Waals surface area contributed by atoms with Crippen molar-refractivity contribution in [3.63, 3.8) is 0 Å². The second-order valence-electron chi connectivity index (χ2n) is 6.76. The Kier molecular flexibility index (Phi) is 7.23. The van der Waals surface area contributed by atoms with Crippen molar-refractivity contribution in [2.75, 3.05) is 24.3 Å². The first kappa shape index (κ1) is 20.3. The zero-order valence-electron chi connectivity index (χ0n) is 16.0. The minimum atomic E-state index is -0.871. The molecule has 0 bridgehead atoms. The number of aliphatic carboxylic acids is 1. The molecule has 2 rings (SSSR count). The Morgan fingerprint density at radius 3 is 2.41 bits per heavy atom. The molecule has 6 nitrogen and oxygen atoms in total. The van der Waals surface area contributed by atoms with Crippen LogP contribution in [0, 0.1) is 6.92 Å². The van der Waals surface area contributed by atoms with Crippen molar-refractivity contribution in [1.29, 1.82) is 0 Å². The summed E-state index contributed by atoms with van der Waals surface area (Å²) in [4.78, 5) is 25.4. The number of hydrogen-bond donors (Lipinski definition) is 3. The average molecular weight is 369 g/mol. The molecular formula is C21H27N3O3. The number of rotatable bonds is 8. The molecule has 0 aromatic heterocycles. The second-order valence-corrected chi connectivity index (χ2v) is 6.76. The quantitative estimate of drug-likeness (QED) is 0.663. The van der Waals surface area contributed by atoms with Crippen LogP contribution in [0.15, 0.2) is 48.5 Å². The van der Waals surface area contributed by atoms with Crippen molar-refractivity contribution in [2.45, 2.75) is 32.2 Å². The van der Waals surface area contributed by atoms with E-state index in [0.717, 1.165) is 22.5 Å². The summed E-state index contributed by atoms with van der Waals surface area (Å²) < 4.78 is 0. The summed E-state index contributed by atoms with van der Waals surface area (Å²) in [6.07, 6.45) is 0.958. The lowest BCUT2D eigenvalue weighted by molar-refractivity contribution is -0.137. The molecule has 0 radical (unpaired) electrons. The lowest BCUT2D eigenvalue weighted by Gasteiger charge is -2.21. The third-order valence-electron chi connectivity index (χ3n) is 4.40. The Labute approximate surface area is 160 Å². The molecule has 0 spiro atoms. The van der Waals surface area contributed by atoms with Gasteiger partial charge in [-0.1, -0.05) is 36.4 Å². The molecule has 0 aliphatic heterocycles. The third kappa shape index (κ3) is 6.33. The third-order valence-corrected chi connectivity index (χ3v) is 4.40. The number of carbonyl (C=O) groups is 2. The monoisotopic (exact) mass is 369 g/mol. The van der Waals surface area contributed by atoms with Crippen LogP contribution in [0.5, 0.6) is 0 Å². The molecule has 0 saturated heterocycles. The maximum atomic E-state index is 12.5. The van der Waals surface area contributed by atoms with Crippen LogP contribution in [0.1, 0.15) is 24.0 Å². The lowest BCUT2D eigenvalue weighted by Crippen LogP contribution is -2.39. The number of benzene rings is 2. The SMILES string of the molecule is Cc1c(NC(=O)NC(CCC(=O)O)Cc2ccccc2)cccc1N(C)C. The van der Waals surface area contributed by atoms with Crippen LogP contribution < -0.4 is 15.5 Å². The van der Waals surface area contributed by atoms with Crippen LogP contribution in [-0.4, -0.2) is 37.2 Å². The predicted octanol–water partition coefficient (Wildman–Crippen LogP) is 3.66. The Morgan fingerprint density at radius 2 is 1.78 bits per heavy atom. The molecular weight excluding hydrogens is 342 g/mol. The van der Waals surface area contributed by atoms with Gasteiger partial charge in [0.25, 0.3) is 0 Å². The van der Waals surface area contributed by atoms with Gasteiger partial charge in [0.1, 0.15) is 0 Å². The van der Waals surface area contributed by atoms with Gasteiger partial charge in [-0.25, -0.2) is 4.79 Å². The molecule has 1 unspecified atom stereocenters. The van der Waals surface area contributed by atoms with E-state index in [2.05, 4.69) is 10.6 Å². The van der Waals surface area contributed by atoms with Crippen molar-refractivity contribution in [3.05, 3.63) is 59.7 Å². The summed E-state index contributed by atoms with van der Waals surface area (Å²) in [5, 5.41) is 14.8. The van der Waals surface area contributed by atoms with E-state index < -0.39 is 5.97 Å². The van der Waals surface area contributed by atoms with Gasteiger partial charge >= 0.3 is 12.0 Å². The zero-order valence-corrected chi connectivity index (χ0v) is 16.0. The highest BCUT2D eigenvalue weighted by molar-refractivity contribution is 5.91. The molecule has 0 heterocycles. The van der Waals surface area contributed by atoms with E-state index in [4.69, 9.17) is 5.11 Å². The molecule has 6 heteroatoms. The highest BCUT2D eigenvalue weighted by Crippen LogP contribution is 2.25. The average Bonchev–Trinajstić information content (AvgIpc) is 2.62. The Hall–Kier alpha value is -3.02. The summed E-state index contributed by atoms with van der Waals surface area (Å²) in [5.41, 5.74) is 3.79. The largest absolute Gasteiger partial charge is 0.481 e. The normalized spacial score (nSPS) is 11.5. The Morgan fingerprint density at radius 1 is 1.07 bits per heavy atom. The van der Waals surface area contributed by atoms with E-state index in [0.29, 0.717) is 12.8 Å². The van der Waals surface area contributed by atoms with Gasteiger partial charge in [0.05, 0.1) is 0 Å². The molecule has 0 aliphatic rings. The molecule has 0 fully saturated rings. The van der Waals surface area contributed by atoms with Crippen LogP contribution >= 0.6 is 0 Å². The summed E-state index contributed by atoms with van der Waals surface area (Å²) in [5.74, 6) is -0.871. The van der Waals surface area contributed by atoms with Gasteiger partial charge < -0.3 is 20.6 Å². The fourth-order valence-electron chi connectivity index (χ4n) is 3.01. The number of nitrogens with one attached hydrogen (secondary N) is 2. The molecule has 2 aromatic rings. The van der Waals surface area contributed by atoms with Crippen LogP contribution in [0.3, 0.4) is 0 Å². The summed E-state index contributed by atoms with van der Waals surface area (Å²) >= 11 is 0. The van der Waals surface area contributed by atoms with Gasteiger partial charge in [-0.15, -0.1) is 0 Å². The predicted molar refractivity (Wildman–Crippen MR) is 108 cm³/mol. The lowest BCUT2D eigenvalue weighted by atomic mass is 10.0. The van der Waals surface area contributed by atoms with Crippen LogP contribution in [0.2, 0.25) is 0 Å². The smallest absolute Gasteiger partial charge is 0.319 e. The number of amides is 2. The molecule has 0 aliphatic carbocycles. The maximum absolute atomic E-state index is 12.5. The van der Waals surface area contributed by atoms with E-state index in [1.807, 2.05) is 74.4 Å². The van der Waals surface area contributed by atoms with Crippen LogP contribution in [0.25, 0.3) is 0 Å². The number of carboxylic acids is 1. The summed E-state index contributed by atoms with van der Waals surface area (Å²) in [6, 6.07) is 14.9. The van der Waals surface area contributed by atoms with Gasteiger partial charge in [0, 0.05) is 37.9 Å². The molecule has 1 atom stereocenters. The zero-order chi connectivity index (χ0) is 19.8. The Balaban J connectivity index is 2.06. The highest BCUT2D eigenvalue weighted by Gasteiger charge is 2.16. The van der Waals surface area contributed by atoms with Gasteiger partial charge in [-0.05, 0) is 43.0 Å². The van der Waals surface area contributed by atoms with E-state index in [-0.39, 0.29) is 18.5 Å². The van der Waals surface area contributed by atoms with Crippen molar-refractivity contribution in [1.82, 2.24) is 5.32 Å². The summed E-state index contributed by atoms with van der Waals surface area (Å²) in [7, 11) is 3.90. The van der Waals surface area contributed by atoms with Gasteiger partial charge in [0.2, 0.25) is 0 Å². The Bertz CT molecular complexity index is 775. The van der Waals surface area contributed by atoms with E-state index in [1.165, 1.54) is 0 Å². The van der Waals surface area contributed by atoms with Crippen LogP contribution in [0.4, 0.5) is 16.2 Å².